The van der Waals surface area contributed by atoms with Gasteiger partial charge in [-0.25, -0.2) is 0 Å². The van der Waals surface area contributed by atoms with Crippen molar-refractivity contribution in [3.05, 3.63) is 87.5 Å². The lowest BCUT2D eigenvalue weighted by molar-refractivity contribution is -0.104. The van der Waals surface area contributed by atoms with Gasteiger partial charge in [0.15, 0.2) is 6.29 Å². The molecule has 0 spiro atoms. The van der Waals surface area contributed by atoms with Crippen LogP contribution in [0, 0.1) is 6.92 Å². The number of aliphatic hydroxyl groups excluding tert-OH is 1. The lowest BCUT2D eigenvalue weighted by atomic mass is 9.96. The van der Waals surface area contributed by atoms with Crippen LogP contribution in [0.5, 0.6) is 0 Å². The molecule has 1 atom stereocenters. The molecule has 0 bridgehead atoms. The number of fused-ring (bicyclic) bond motifs is 1. The van der Waals surface area contributed by atoms with Gasteiger partial charge in [-0.05, 0) is 49.8 Å². The summed E-state index contributed by atoms with van der Waals surface area (Å²) in [5, 5.41) is 11.9. The fourth-order valence-corrected chi connectivity index (χ4v) is 4.28. The molecular formula is C26H23ClF3NO2. The first-order valence-electron chi connectivity index (χ1n) is 10.5. The Hall–Kier alpha value is -2.80. The first kappa shape index (κ1) is 23.4. The van der Waals surface area contributed by atoms with Gasteiger partial charge in [0.05, 0.1) is 11.3 Å². The number of hydrogen-bond donors (Lipinski definition) is 1. The molecule has 0 saturated heterocycles. The molecule has 0 saturated carbocycles. The number of aromatic nitrogens is 1. The molecule has 0 fully saturated rings. The van der Waals surface area contributed by atoms with Gasteiger partial charge in [0, 0.05) is 46.3 Å². The minimum Gasteiger partial charge on any atom is -0.364 e. The molecule has 4 rings (SSSR count). The number of aryl methyl sites for hydroxylation is 2. The summed E-state index contributed by atoms with van der Waals surface area (Å²) in [5.74, 6) is 0. The minimum atomic E-state index is -4.67. The number of rotatable bonds is 6. The number of halogens is 4. The molecule has 3 aromatic rings. The summed E-state index contributed by atoms with van der Waals surface area (Å²) in [7, 11) is 1.86. The van der Waals surface area contributed by atoms with Crippen molar-refractivity contribution in [2.75, 3.05) is 6.61 Å². The number of alkyl halides is 3. The lowest BCUT2D eigenvalue weighted by Gasteiger charge is -2.21. The highest BCUT2D eigenvalue weighted by Gasteiger charge is 2.41. The van der Waals surface area contributed by atoms with Gasteiger partial charge in [0.1, 0.15) is 0 Å². The van der Waals surface area contributed by atoms with E-state index in [1.165, 1.54) is 18.2 Å². The van der Waals surface area contributed by atoms with Crippen molar-refractivity contribution in [3.63, 3.8) is 0 Å². The van der Waals surface area contributed by atoms with Crippen LogP contribution in [-0.4, -0.2) is 28.7 Å². The van der Waals surface area contributed by atoms with Crippen molar-refractivity contribution in [2.24, 2.45) is 7.05 Å². The van der Waals surface area contributed by atoms with Crippen molar-refractivity contribution in [1.29, 1.82) is 0 Å². The van der Waals surface area contributed by atoms with E-state index in [-0.39, 0.29) is 17.8 Å². The normalized spacial score (nSPS) is 14.8. The second kappa shape index (κ2) is 8.86. The predicted molar refractivity (Wildman–Crippen MR) is 126 cm³/mol. The van der Waals surface area contributed by atoms with E-state index in [9.17, 15) is 18.3 Å². The molecule has 1 heterocycles. The largest absolute Gasteiger partial charge is 0.417 e. The number of ether oxygens (including phenoxy) is 1. The topological polar surface area (TPSA) is 34.4 Å². The van der Waals surface area contributed by atoms with E-state index in [4.69, 9.17) is 16.3 Å². The third-order valence-corrected chi connectivity index (χ3v) is 5.81. The van der Waals surface area contributed by atoms with E-state index >= 15 is 0 Å². The zero-order chi connectivity index (χ0) is 23.9. The fourth-order valence-electron chi connectivity index (χ4n) is 4.09. The van der Waals surface area contributed by atoms with Gasteiger partial charge in [0.2, 0.25) is 0 Å². The molecule has 1 N–H and O–H groups in total. The highest BCUT2D eigenvalue weighted by atomic mass is 35.5. The lowest BCUT2D eigenvalue weighted by Crippen LogP contribution is -2.24. The first-order valence-corrected chi connectivity index (χ1v) is 10.9. The van der Waals surface area contributed by atoms with Crippen molar-refractivity contribution >= 4 is 28.6 Å². The Kier molecular flexibility index (Phi) is 6.27. The molecule has 0 aliphatic heterocycles. The summed E-state index contributed by atoms with van der Waals surface area (Å²) in [5.41, 5.74) is 2.61. The molecule has 3 nitrogen and oxygen atoms in total. The number of nitrogens with zero attached hydrogens (tertiary/aromatic N) is 1. The van der Waals surface area contributed by atoms with Gasteiger partial charge < -0.3 is 14.4 Å². The predicted octanol–water partition coefficient (Wildman–Crippen LogP) is 6.97. The van der Waals surface area contributed by atoms with Crippen molar-refractivity contribution in [2.45, 2.75) is 26.3 Å². The van der Waals surface area contributed by atoms with E-state index in [1.807, 2.05) is 42.8 Å². The number of aliphatic hydroxyl groups is 1. The zero-order valence-electron chi connectivity index (χ0n) is 18.4. The Morgan fingerprint density at radius 1 is 1.18 bits per heavy atom. The monoisotopic (exact) mass is 473 g/mol. The van der Waals surface area contributed by atoms with Crippen LogP contribution in [0.25, 0.3) is 28.2 Å². The quantitative estimate of drug-likeness (QED) is 0.392. The SMILES string of the molecule is CCOC(O)/C(=C/c1c(-c2cccc(Cl)c2)n(C)c2ccc(C)cc12)C(=C1C=C1)C(F)(F)F. The molecule has 0 radical (unpaired) electrons. The summed E-state index contributed by atoms with van der Waals surface area (Å²) < 4.78 is 49.4. The van der Waals surface area contributed by atoms with Crippen molar-refractivity contribution < 1.29 is 23.0 Å². The van der Waals surface area contributed by atoms with Crippen molar-refractivity contribution in [1.82, 2.24) is 4.57 Å². The third kappa shape index (κ3) is 4.64. The second-order valence-corrected chi connectivity index (χ2v) is 8.36. The van der Waals surface area contributed by atoms with Crippen LogP contribution < -0.4 is 0 Å². The Balaban J connectivity index is 2.07. The van der Waals surface area contributed by atoms with Crippen LogP contribution in [0.4, 0.5) is 13.2 Å². The number of allylic oxidation sites excluding steroid dienone is 3. The van der Waals surface area contributed by atoms with Gasteiger partial charge in [-0.1, -0.05) is 47.5 Å². The van der Waals surface area contributed by atoms with Gasteiger partial charge in [-0.3, -0.25) is 0 Å². The van der Waals surface area contributed by atoms with Crippen LogP contribution in [0.15, 0.2) is 71.3 Å². The van der Waals surface area contributed by atoms with E-state index in [1.54, 1.807) is 25.1 Å². The van der Waals surface area contributed by atoms with E-state index in [0.29, 0.717) is 16.3 Å². The highest BCUT2D eigenvalue weighted by Crippen LogP contribution is 2.43. The van der Waals surface area contributed by atoms with Gasteiger partial charge >= 0.3 is 6.18 Å². The maximum absolute atomic E-state index is 14.1. The van der Waals surface area contributed by atoms with Gasteiger partial charge in [0.25, 0.3) is 0 Å². The highest BCUT2D eigenvalue weighted by molar-refractivity contribution is 6.30. The Bertz CT molecular complexity index is 1310. The fraction of sp³-hybridized carbons (Fsp3) is 0.231. The van der Waals surface area contributed by atoms with E-state index < -0.39 is 18.0 Å². The van der Waals surface area contributed by atoms with Crippen LogP contribution in [0.1, 0.15) is 18.1 Å². The van der Waals surface area contributed by atoms with Crippen LogP contribution in [0.3, 0.4) is 0 Å². The van der Waals surface area contributed by atoms with Crippen molar-refractivity contribution in [3.8, 4) is 11.3 Å². The minimum absolute atomic E-state index is 0.0354. The van der Waals surface area contributed by atoms with Crippen LogP contribution in [0.2, 0.25) is 5.02 Å². The first-order chi connectivity index (χ1) is 15.6. The maximum atomic E-state index is 14.1. The zero-order valence-corrected chi connectivity index (χ0v) is 19.1. The third-order valence-electron chi connectivity index (χ3n) is 5.58. The van der Waals surface area contributed by atoms with Crippen LogP contribution >= 0.6 is 11.6 Å². The summed E-state index contributed by atoms with van der Waals surface area (Å²) in [6, 6.07) is 13.0. The molecule has 33 heavy (non-hydrogen) atoms. The van der Waals surface area contributed by atoms with Gasteiger partial charge in [-0.2, -0.15) is 13.2 Å². The van der Waals surface area contributed by atoms with Crippen LogP contribution in [-0.2, 0) is 11.8 Å². The molecule has 172 valence electrons. The Labute approximate surface area is 195 Å². The maximum Gasteiger partial charge on any atom is 0.417 e. The average molecular weight is 474 g/mol. The molecule has 7 heteroatoms. The molecule has 0 amide bonds. The standard InChI is InChI=1S/C26H23ClF3NO2/c1-4-33-25(32)21(23(16-9-10-16)26(28,29)30)14-20-19-12-15(2)8-11-22(19)31(3)24(20)17-6-5-7-18(27)13-17/h5-14,25,32H,4H2,1-3H3/b21-14+. The molecule has 1 aliphatic carbocycles. The summed E-state index contributed by atoms with van der Waals surface area (Å²) >= 11 is 6.23. The smallest absolute Gasteiger partial charge is 0.364 e. The number of benzene rings is 2. The Morgan fingerprint density at radius 3 is 2.52 bits per heavy atom. The van der Waals surface area contributed by atoms with E-state index in [2.05, 4.69) is 0 Å². The molecule has 1 aliphatic rings. The summed E-state index contributed by atoms with van der Waals surface area (Å²) in [4.78, 5) is 0. The molecule has 1 unspecified atom stereocenters. The Morgan fingerprint density at radius 2 is 1.91 bits per heavy atom. The molecule has 2 aromatic carbocycles. The summed E-state index contributed by atoms with van der Waals surface area (Å²) in [6.07, 6.45) is -2.26. The van der Waals surface area contributed by atoms with E-state index in [0.717, 1.165) is 22.0 Å². The molecule has 1 aromatic heterocycles. The van der Waals surface area contributed by atoms with Gasteiger partial charge in [-0.15, -0.1) is 0 Å². The average Bonchev–Trinajstić information content (AvgIpc) is 3.52. The summed E-state index contributed by atoms with van der Waals surface area (Å²) in [6.45, 7) is 3.60. The molecular weight excluding hydrogens is 451 g/mol. The second-order valence-electron chi connectivity index (χ2n) is 7.92. The number of hydrogen-bond acceptors (Lipinski definition) is 2.